The van der Waals surface area contributed by atoms with Crippen molar-refractivity contribution in [1.82, 2.24) is 0 Å². The lowest BCUT2D eigenvalue weighted by Crippen LogP contribution is -2.32. The number of nitrogens with one attached hydrogen (secondary N) is 1. The van der Waals surface area contributed by atoms with E-state index < -0.39 is 5.91 Å². The molecule has 3 aromatic carbocycles. The molecule has 0 aliphatic carbocycles. The fourth-order valence-electron chi connectivity index (χ4n) is 3.78. The number of ether oxygens (including phenoxy) is 1. The van der Waals surface area contributed by atoms with Crippen molar-refractivity contribution in [3.63, 3.8) is 0 Å². The zero-order chi connectivity index (χ0) is 23.5. The highest BCUT2D eigenvalue weighted by atomic mass is 35.5. The lowest BCUT2D eigenvalue weighted by atomic mass is 10.0. The van der Waals surface area contributed by atoms with Crippen LogP contribution in [0.4, 0.5) is 11.4 Å². The maximum atomic E-state index is 13.6. The van der Waals surface area contributed by atoms with E-state index in [9.17, 15) is 9.59 Å². The SMILES string of the molecule is CCOc1ccc(C2=C(Nc3cc(Cl)ccc3C)C(=O)N(c3ccc(CC)cc3)C2=O)cc1. The van der Waals surface area contributed by atoms with Gasteiger partial charge in [-0.3, -0.25) is 9.59 Å². The van der Waals surface area contributed by atoms with Crippen LogP contribution in [0.15, 0.2) is 72.4 Å². The molecule has 168 valence electrons. The van der Waals surface area contributed by atoms with Crippen LogP contribution in [0.3, 0.4) is 0 Å². The standard InChI is InChI=1S/C27H25ClN2O3/c1-4-18-7-12-21(13-8-18)30-26(31)24(19-9-14-22(15-10-19)33-5-2)25(27(30)32)29-23-16-20(28)11-6-17(23)3/h6-16,29H,4-5H2,1-3H3. The molecule has 4 rings (SSSR count). The predicted octanol–water partition coefficient (Wildman–Crippen LogP) is 6.01. The van der Waals surface area contributed by atoms with E-state index in [4.69, 9.17) is 16.3 Å². The van der Waals surface area contributed by atoms with Crippen LogP contribution in [0.1, 0.15) is 30.5 Å². The summed E-state index contributed by atoms with van der Waals surface area (Å²) in [4.78, 5) is 28.4. The minimum atomic E-state index is -0.410. The molecule has 0 bridgehead atoms. The number of halogens is 1. The third kappa shape index (κ3) is 4.50. The number of benzene rings is 3. The highest BCUT2D eigenvalue weighted by Gasteiger charge is 2.40. The van der Waals surface area contributed by atoms with Crippen molar-refractivity contribution in [2.75, 3.05) is 16.8 Å². The van der Waals surface area contributed by atoms with E-state index in [-0.39, 0.29) is 11.6 Å². The first-order valence-electron chi connectivity index (χ1n) is 10.9. The molecule has 5 nitrogen and oxygen atoms in total. The Bertz CT molecular complexity index is 1230. The normalized spacial score (nSPS) is 13.6. The smallest absolute Gasteiger partial charge is 0.282 e. The first-order valence-corrected chi connectivity index (χ1v) is 11.3. The largest absolute Gasteiger partial charge is 0.494 e. The van der Waals surface area contributed by atoms with Gasteiger partial charge in [-0.05, 0) is 73.4 Å². The fraction of sp³-hybridized carbons (Fsp3) is 0.185. The fourth-order valence-corrected chi connectivity index (χ4v) is 3.95. The van der Waals surface area contributed by atoms with E-state index in [1.165, 1.54) is 4.90 Å². The molecule has 6 heteroatoms. The Morgan fingerprint density at radius 2 is 1.61 bits per heavy atom. The van der Waals surface area contributed by atoms with E-state index in [0.29, 0.717) is 39.9 Å². The molecule has 0 atom stereocenters. The number of amides is 2. The van der Waals surface area contributed by atoms with Crippen LogP contribution >= 0.6 is 11.6 Å². The first-order chi connectivity index (χ1) is 15.9. The van der Waals surface area contributed by atoms with E-state index in [1.807, 2.05) is 32.0 Å². The van der Waals surface area contributed by atoms with Gasteiger partial charge in [0.2, 0.25) is 0 Å². The lowest BCUT2D eigenvalue weighted by Gasteiger charge is -2.16. The van der Waals surface area contributed by atoms with Crippen molar-refractivity contribution in [2.24, 2.45) is 0 Å². The summed E-state index contributed by atoms with van der Waals surface area (Å²) in [5, 5.41) is 3.73. The molecule has 0 spiro atoms. The van der Waals surface area contributed by atoms with Crippen LogP contribution in [0.5, 0.6) is 5.75 Å². The van der Waals surface area contributed by atoms with Crippen molar-refractivity contribution in [3.8, 4) is 5.75 Å². The molecule has 1 heterocycles. The molecule has 3 aromatic rings. The van der Waals surface area contributed by atoms with E-state index in [2.05, 4.69) is 12.2 Å². The molecule has 33 heavy (non-hydrogen) atoms. The van der Waals surface area contributed by atoms with E-state index in [0.717, 1.165) is 17.5 Å². The molecule has 0 unspecified atom stereocenters. The zero-order valence-corrected chi connectivity index (χ0v) is 19.6. The third-order valence-electron chi connectivity index (χ3n) is 5.60. The van der Waals surface area contributed by atoms with Crippen molar-refractivity contribution in [3.05, 3.63) is 94.1 Å². The minimum Gasteiger partial charge on any atom is -0.494 e. The molecule has 1 aliphatic heterocycles. The van der Waals surface area contributed by atoms with Crippen molar-refractivity contribution in [2.45, 2.75) is 27.2 Å². The summed E-state index contributed by atoms with van der Waals surface area (Å²) in [5.74, 6) is -0.0890. The number of anilines is 2. The average Bonchev–Trinajstić information content (AvgIpc) is 3.06. The lowest BCUT2D eigenvalue weighted by molar-refractivity contribution is -0.120. The van der Waals surface area contributed by atoms with Crippen LogP contribution in [0.2, 0.25) is 5.02 Å². The van der Waals surface area contributed by atoms with Crippen LogP contribution in [-0.4, -0.2) is 18.4 Å². The molecule has 0 saturated carbocycles. The first kappa shape index (κ1) is 22.6. The van der Waals surface area contributed by atoms with Gasteiger partial charge in [0, 0.05) is 10.7 Å². The van der Waals surface area contributed by atoms with Gasteiger partial charge >= 0.3 is 0 Å². The summed E-state index contributed by atoms with van der Waals surface area (Å²) in [6.07, 6.45) is 0.874. The summed E-state index contributed by atoms with van der Waals surface area (Å²) < 4.78 is 5.53. The van der Waals surface area contributed by atoms with Gasteiger partial charge in [-0.1, -0.05) is 48.9 Å². The maximum absolute atomic E-state index is 13.6. The predicted molar refractivity (Wildman–Crippen MR) is 133 cm³/mol. The van der Waals surface area contributed by atoms with Crippen LogP contribution in [0.25, 0.3) is 5.57 Å². The monoisotopic (exact) mass is 460 g/mol. The second kappa shape index (κ2) is 9.51. The van der Waals surface area contributed by atoms with Gasteiger partial charge in [-0.25, -0.2) is 4.90 Å². The van der Waals surface area contributed by atoms with Crippen molar-refractivity contribution in [1.29, 1.82) is 0 Å². The Balaban J connectivity index is 1.80. The second-order valence-corrected chi connectivity index (χ2v) is 8.19. The molecule has 0 aromatic heterocycles. The zero-order valence-electron chi connectivity index (χ0n) is 18.8. The summed E-state index contributed by atoms with van der Waals surface area (Å²) in [5.41, 5.74) is 4.40. The number of hydrogen-bond donors (Lipinski definition) is 1. The quantitative estimate of drug-likeness (QED) is 0.439. The van der Waals surface area contributed by atoms with Gasteiger partial charge < -0.3 is 10.1 Å². The highest BCUT2D eigenvalue weighted by Crippen LogP contribution is 2.35. The minimum absolute atomic E-state index is 0.217. The van der Waals surface area contributed by atoms with Crippen LogP contribution in [-0.2, 0) is 16.0 Å². The number of carbonyl (C=O) groups is 2. The number of nitrogens with zero attached hydrogens (tertiary/aromatic N) is 1. The summed E-state index contributed by atoms with van der Waals surface area (Å²) >= 11 is 6.19. The van der Waals surface area contributed by atoms with Crippen LogP contribution < -0.4 is 15.0 Å². The Hall–Kier alpha value is -3.57. The molecule has 1 N–H and O–H groups in total. The van der Waals surface area contributed by atoms with Crippen LogP contribution in [0, 0.1) is 6.92 Å². The van der Waals surface area contributed by atoms with Gasteiger partial charge in [-0.15, -0.1) is 0 Å². The Kier molecular flexibility index (Phi) is 6.52. The highest BCUT2D eigenvalue weighted by molar-refractivity contribution is 6.46. The molecular weight excluding hydrogens is 436 g/mol. The van der Waals surface area contributed by atoms with Gasteiger partial charge in [0.05, 0.1) is 17.9 Å². The van der Waals surface area contributed by atoms with E-state index >= 15 is 0 Å². The van der Waals surface area contributed by atoms with Gasteiger partial charge in [0.15, 0.2) is 0 Å². The maximum Gasteiger partial charge on any atom is 0.282 e. The Morgan fingerprint density at radius 3 is 2.24 bits per heavy atom. The second-order valence-electron chi connectivity index (χ2n) is 7.76. The average molecular weight is 461 g/mol. The number of hydrogen-bond acceptors (Lipinski definition) is 4. The molecule has 1 aliphatic rings. The Labute approximate surface area is 198 Å². The summed E-state index contributed by atoms with van der Waals surface area (Å²) in [6, 6.07) is 20.0. The number of imide groups is 1. The molecule has 0 radical (unpaired) electrons. The summed E-state index contributed by atoms with van der Waals surface area (Å²) in [7, 11) is 0. The molecule has 0 saturated heterocycles. The van der Waals surface area contributed by atoms with Gasteiger partial charge in [-0.2, -0.15) is 0 Å². The molecular formula is C27H25ClN2O3. The van der Waals surface area contributed by atoms with Gasteiger partial charge in [0.1, 0.15) is 11.4 Å². The topological polar surface area (TPSA) is 58.6 Å². The third-order valence-corrected chi connectivity index (χ3v) is 5.84. The number of rotatable bonds is 7. The Morgan fingerprint density at radius 1 is 0.909 bits per heavy atom. The number of carbonyl (C=O) groups excluding carboxylic acids is 2. The molecule has 0 fully saturated rings. The van der Waals surface area contributed by atoms with Crippen molar-refractivity contribution < 1.29 is 14.3 Å². The number of aryl methyl sites for hydroxylation is 2. The molecule has 2 amide bonds. The van der Waals surface area contributed by atoms with Crippen molar-refractivity contribution >= 4 is 40.4 Å². The summed E-state index contributed by atoms with van der Waals surface area (Å²) in [6.45, 7) is 6.43. The van der Waals surface area contributed by atoms with Gasteiger partial charge in [0.25, 0.3) is 11.8 Å². The van der Waals surface area contributed by atoms with E-state index in [1.54, 1.807) is 48.5 Å².